The molecule has 1 aromatic heterocycles. The highest BCUT2D eigenvalue weighted by Gasteiger charge is 1.99. The van der Waals surface area contributed by atoms with Crippen molar-refractivity contribution in [3.63, 3.8) is 0 Å². The largest absolute Gasteiger partial charge is 0.384 e. The first kappa shape index (κ1) is 9.48. The maximum Gasteiger partial charge on any atom is 0.184 e. The molecule has 0 fully saturated rings. The second-order valence-corrected chi connectivity index (χ2v) is 3.37. The van der Waals surface area contributed by atoms with Gasteiger partial charge in [-0.3, -0.25) is 4.99 Å². The van der Waals surface area contributed by atoms with Crippen LogP contribution in [-0.2, 0) is 18.2 Å². The fourth-order valence-corrected chi connectivity index (χ4v) is 1.94. The third-order valence-electron chi connectivity index (χ3n) is 1.77. The molecule has 0 aromatic carbocycles. The van der Waals surface area contributed by atoms with Gasteiger partial charge in [0, 0.05) is 38.7 Å². The Labute approximate surface area is 76.3 Å². The predicted octanol–water partition coefficient (Wildman–Crippen LogP) is 0.806. The van der Waals surface area contributed by atoms with Gasteiger partial charge in [0.2, 0.25) is 0 Å². The quantitative estimate of drug-likeness (QED) is 0.686. The average Bonchev–Trinajstić information content (AvgIpc) is 2.43. The smallest absolute Gasteiger partial charge is 0.184 e. The third kappa shape index (κ3) is 1.95. The molecule has 0 aliphatic rings. The van der Waals surface area contributed by atoms with E-state index in [0.29, 0.717) is 0 Å². The van der Waals surface area contributed by atoms with Crippen LogP contribution >= 0.6 is 11.3 Å². The second-order valence-electron chi connectivity index (χ2n) is 2.54. The third-order valence-corrected chi connectivity index (χ3v) is 2.83. The second kappa shape index (κ2) is 4.42. The minimum Gasteiger partial charge on any atom is -0.384 e. The van der Waals surface area contributed by atoms with Gasteiger partial charge >= 0.3 is 0 Å². The summed E-state index contributed by atoms with van der Waals surface area (Å²) in [5, 5.41) is 2.13. The van der Waals surface area contributed by atoms with Crippen LogP contribution in [-0.4, -0.2) is 25.3 Å². The fourth-order valence-electron chi connectivity index (χ4n) is 1.04. The molecule has 3 nitrogen and oxygen atoms in total. The van der Waals surface area contributed by atoms with Gasteiger partial charge in [-0.2, -0.15) is 0 Å². The van der Waals surface area contributed by atoms with E-state index in [1.54, 1.807) is 18.4 Å². The van der Waals surface area contributed by atoms with Gasteiger partial charge in [-0.25, -0.2) is 0 Å². The summed E-state index contributed by atoms with van der Waals surface area (Å²) in [7, 11) is 5.56. The molecule has 0 N–H and O–H groups in total. The molecule has 0 radical (unpaired) electrons. The standard InChI is InChI=1S/C8H14N2OS/c1-9-8-10(2)7(6-12-8)4-5-11-3/h6H,4-5H2,1-3H3. The molecule has 68 valence electrons. The Morgan fingerprint density at radius 1 is 1.67 bits per heavy atom. The lowest BCUT2D eigenvalue weighted by molar-refractivity contribution is 0.200. The van der Waals surface area contributed by atoms with E-state index in [9.17, 15) is 0 Å². The van der Waals surface area contributed by atoms with Gasteiger partial charge in [-0.05, 0) is 0 Å². The van der Waals surface area contributed by atoms with Crippen LogP contribution in [0.4, 0.5) is 0 Å². The minimum absolute atomic E-state index is 0.772. The number of hydrogen-bond acceptors (Lipinski definition) is 3. The van der Waals surface area contributed by atoms with Crippen LogP contribution < -0.4 is 4.80 Å². The molecule has 1 aromatic rings. The summed E-state index contributed by atoms with van der Waals surface area (Å²) < 4.78 is 7.11. The molecule has 0 aliphatic carbocycles. The lowest BCUT2D eigenvalue weighted by atomic mass is 10.3. The van der Waals surface area contributed by atoms with E-state index < -0.39 is 0 Å². The summed E-state index contributed by atoms with van der Waals surface area (Å²) >= 11 is 1.67. The van der Waals surface area contributed by atoms with E-state index in [0.717, 1.165) is 17.8 Å². The van der Waals surface area contributed by atoms with Gasteiger partial charge in [-0.1, -0.05) is 0 Å². The molecule has 0 spiro atoms. The van der Waals surface area contributed by atoms with Crippen LogP contribution in [0, 0.1) is 0 Å². The topological polar surface area (TPSA) is 26.5 Å². The molecule has 0 aliphatic heterocycles. The van der Waals surface area contributed by atoms with Crippen molar-refractivity contribution in [3.05, 3.63) is 15.9 Å². The van der Waals surface area contributed by atoms with Crippen molar-refractivity contribution in [2.45, 2.75) is 6.42 Å². The van der Waals surface area contributed by atoms with E-state index in [1.165, 1.54) is 5.69 Å². The summed E-state index contributed by atoms with van der Waals surface area (Å²) in [6, 6.07) is 0. The molecule has 0 bridgehead atoms. The average molecular weight is 186 g/mol. The highest BCUT2D eigenvalue weighted by Crippen LogP contribution is 2.00. The molecular formula is C8H14N2OS. The number of rotatable bonds is 3. The summed E-state index contributed by atoms with van der Waals surface area (Å²) in [6.07, 6.45) is 0.957. The van der Waals surface area contributed by atoms with E-state index in [2.05, 4.69) is 14.9 Å². The van der Waals surface area contributed by atoms with Crippen molar-refractivity contribution >= 4 is 11.3 Å². The number of methoxy groups -OCH3 is 1. The SMILES string of the molecule is CN=c1scc(CCOC)n1C. The molecule has 0 amide bonds. The van der Waals surface area contributed by atoms with Gasteiger partial charge in [0.25, 0.3) is 0 Å². The first-order valence-electron chi connectivity index (χ1n) is 3.84. The maximum absolute atomic E-state index is 5.00. The Hall–Kier alpha value is -0.610. The van der Waals surface area contributed by atoms with Crippen molar-refractivity contribution < 1.29 is 4.74 Å². The predicted molar refractivity (Wildman–Crippen MR) is 50.4 cm³/mol. The Morgan fingerprint density at radius 3 is 2.92 bits per heavy atom. The summed E-state index contributed by atoms with van der Waals surface area (Å²) in [5.74, 6) is 0. The molecule has 0 unspecified atom stereocenters. The number of thiazole rings is 1. The molecule has 1 heterocycles. The Kier molecular flexibility index (Phi) is 3.49. The maximum atomic E-state index is 5.00. The van der Waals surface area contributed by atoms with Crippen molar-refractivity contribution in [1.29, 1.82) is 0 Å². The van der Waals surface area contributed by atoms with Crippen LogP contribution in [0.5, 0.6) is 0 Å². The lowest BCUT2D eigenvalue weighted by Crippen LogP contribution is -2.13. The van der Waals surface area contributed by atoms with Gasteiger partial charge in [0.1, 0.15) is 0 Å². The van der Waals surface area contributed by atoms with Gasteiger partial charge in [0.15, 0.2) is 4.80 Å². The summed E-state index contributed by atoms with van der Waals surface area (Å²) in [4.78, 5) is 5.20. The van der Waals surface area contributed by atoms with E-state index in [-0.39, 0.29) is 0 Å². The van der Waals surface area contributed by atoms with Crippen LogP contribution in [0.25, 0.3) is 0 Å². The van der Waals surface area contributed by atoms with Gasteiger partial charge in [0.05, 0.1) is 6.61 Å². The number of nitrogens with zero attached hydrogens (tertiary/aromatic N) is 2. The zero-order valence-corrected chi connectivity index (χ0v) is 8.52. The van der Waals surface area contributed by atoms with Crippen molar-refractivity contribution in [2.24, 2.45) is 12.0 Å². The molecular weight excluding hydrogens is 172 g/mol. The lowest BCUT2D eigenvalue weighted by Gasteiger charge is -2.00. The van der Waals surface area contributed by atoms with Crippen LogP contribution in [0.1, 0.15) is 5.69 Å². The van der Waals surface area contributed by atoms with Crippen LogP contribution in [0.15, 0.2) is 10.4 Å². The Morgan fingerprint density at radius 2 is 2.42 bits per heavy atom. The number of hydrogen-bond donors (Lipinski definition) is 0. The first-order chi connectivity index (χ1) is 5.79. The summed E-state index contributed by atoms with van der Waals surface area (Å²) in [5.41, 5.74) is 1.28. The molecule has 1 rings (SSSR count). The van der Waals surface area contributed by atoms with Gasteiger partial charge in [-0.15, -0.1) is 11.3 Å². The minimum atomic E-state index is 0.772. The fraction of sp³-hybridized carbons (Fsp3) is 0.625. The monoisotopic (exact) mass is 186 g/mol. The van der Waals surface area contributed by atoms with Gasteiger partial charge < -0.3 is 9.30 Å². The van der Waals surface area contributed by atoms with E-state index in [1.807, 2.05) is 14.1 Å². The Balaban J connectivity index is 2.81. The molecule has 0 saturated carbocycles. The number of ether oxygens (including phenoxy) is 1. The molecule has 0 saturated heterocycles. The summed E-state index contributed by atoms with van der Waals surface area (Å²) in [6.45, 7) is 0.772. The van der Waals surface area contributed by atoms with Crippen molar-refractivity contribution in [3.8, 4) is 0 Å². The highest BCUT2D eigenvalue weighted by atomic mass is 32.1. The molecule has 0 atom stereocenters. The van der Waals surface area contributed by atoms with E-state index in [4.69, 9.17) is 4.74 Å². The van der Waals surface area contributed by atoms with Crippen molar-refractivity contribution in [2.75, 3.05) is 20.8 Å². The zero-order chi connectivity index (χ0) is 8.97. The van der Waals surface area contributed by atoms with Crippen molar-refractivity contribution in [1.82, 2.24) is 4.57 Å². The molecule has 4 heteroatoms. The van der Waals surface area contributed by atoms with Crippen LogP contribution in [0.2, 0.25) is 0 Å². The zero-order valence-electron chi connectivity index (χ0n) is 7.70. The molecule has 12 heavy (non-hydrogen) atoms. The normalized spacial score (nSPS) is 12.4. The number of aromatic nitrogens is 1. The van der Waals surface area contributed by atoms with Crippen LogP contribution in [0.3, 0.4) is 0 Å². The van der Waals surface area contributed by atoms with E-state index >= 15 is 0 Å². The highest BCUT2D eigenvalue weighted by molar-refractivity contribution is 7.07. The Bertz CT molecular complexity index is 300. The first-order valence-corrected chi connectivity index (χ1v) is 4.72.